The van der Waals surface area contributed by atoms with Crippen molar-refractivity contribution in [3.05, 3.63) is 65.2 Å². The van der Waals surface area contributed by atoms with Gasteiger partial charge in [0.15, 0.2) is 6.61 Å². The molecule has 2 rings (SSSR count). The number of carbonyl (C=O) groups excluding carboxylic acids is 2. The largest absolute Gasteiger partial charge is 0.483 e. The number of para-hydroxylation sites is 1. The lowest BCUT2D eigenvalue weighted by molar-refractivity contribution is -0.123. The molecule has 2 aromatic carbocycles. The molecule has 27 heavy (non-hydrogen) atoms. The first-order chi connectivity index (χ1) is 13.0. The first-order valence-electron chi connectivity index (χ1n) is 9.12. The van der Waals surface area contributed by atoms with Crippen LogP contribution in [0.5, 0.6) is 5.75 Å². The molecule has 6 nitrogen and oxygen atoms in total. The van der Waals surface area contributed by atoms with E-state index in [2.05, 4.69) is 30.1 Å². The molecule has 0 aliphatic heterocycles. The van der Waals surface area contributed by atoms with Gasteiger partial charge in [-0.2, -0.15) is 0 Å². The minimum atomic E-state index is -0.587. The van der Waals surface area contributed by atoms with Crippen LogP contribution in [0.3, 0.4) is 0 Å². The summed E-state index contributed by atoms with van der Waals surface area (Å²) in [5.74, 6) is -0.537. The maximum absolute atomic E-state index is 12.2. The van der Waals surface area contributed by atoms with E-state index in [0.29, 0.717) is 12.3 Å². The van der Waals surface area contributed by atoms with Crippen molar-refractivity contribution in [2.75, 3.05) is 19.7 Å². The van der Waals surface area contributed by atoms with E-state index in [1.165, 1.54) is 5.56 Å². The third kappa shape index (κ3) is 6.11. The number of amides is 2. The highest BCUT2D eigenvalue weighted by Crippen LogP contribution is 2.17. The normalized spacial score (nSPS) is 10.6. The van der Waals surface area contributed by atoms with Crippen LogP contribution in [0.1, 0.15) is 35.3 Å². The highest BCUT2D eigenvalue weighted by atomic mass is 16.5. The second-order valence-corrected chi connectivity index (χ2v) is 6.16. The highest BCUT2D eigenvalue weighted by molar-refractivity contribution is 5.95. The van der Waals surface area contributed by atoms with Gasteiger partial charge in [0, 0.05) is 13.1 Å². The van der Waals surface area contributed by atoms with Crippen molar-refractivity contribution in [3.63, 3.8) is 0 Å². The van der Waals surface area contributed by atoms with Gasteiger partial charge in [-0.05, 0) is 36.3 Å². The molecule has 2 aromatic rings. The summed E-state index contributed by atoms with van der Waals surface area (Å²) in [6, 6.07) is 14.7. The maximum atomic E-state index is 12.2. The minimum Gasteiger partial charge on any atom is -0.483 e. The molecule has 0 radical (unpaired) electrons. The molecule has 0 saturated carbocycles. The first kappa shape index (κ1) is 20.5. The summed E-state index contributed by atoms with van der Waals surface area (Å²) in [5.41, 5.74) is 7.85. The van der Waals surface area contributed by atoms with Gasteiger partial charge < -0.3 is 15.8 Å². The van der Waals surface area contributed by atoms with E-state index in [4.69, 9.17) is 10.5 Å². The Balaban J connectivity index is 1.92. The lowest BCUT2D eigenvalue weighted by Crippen LogP contribution is -2.30. The molecule has 0 fully saturated rings. The molecule has 0 spiro atoms. The Labute approximate surface area is 160 Å². The molecule has 0 atom stereocenters. The molecular weight excluding hydrogens is 342 g/mol. The van der Waals surface area contributed by atoms with Gasteiger partial charge in [-0.25, -0.2) is 0 Å². The summed E-state index contributed by atoms with van der Waals surface area (Å²) < 4.78 is 5.46. The topological polar surface area (TPSA) is 84.7 Å². The summed E-state index contributed by atoms with van der Waals surface area (Å²) in [7, 11) is 0. The van der Waals surface area contributed by atoms with Gasteiger partial charge in [0.2, 0.25) is 0 Å². The average molecular weight is 369 g/mol. The second kappa shape index (κ2) is 10.3. The van der Waals surface area contributed by atoms with Crippen LogP contribution in [0.2, 0.25) is 0 Å². The number of carbonyl (C=O) groups is 2. The predicted octanol–water partition coefficient (Wildman–Crippen LogP) is 2.32. The molecule has 0 bridgehead atoms. The molecule has 0 heterocycles. The Hall–Kier alpha value is -2.86. The van der Waals surface area contributed by atoms with Gasteiger partial charge in [-0.15, -0.1) is 0 Å². The fourth-order valence-corrected chi connectivity index (χ4v) is 2.76. The van der Waals surface area contributed by atoms with Crippen LogP contribution >= 0.6 is 0 Å². The summed E-state index contributed by atoms with van der Waals surface area (Å²) in [4.78, 5) is 25.9. The standard InChI is InChI=1S/C21H27N3O3/c1-3-24(4-2)14-17-10-6-5-9-16(17)13-23-20(25)15-27-19-12-8-7-11-18(19)21(22)26/h5-12H,3-4,13-15H2,1-2H3,(H2,22,26)(H,23,25). The first-order valence-corrected chi connectivity index (χ1v) is 9.12. The molecule has 3 N–H and O–H groups in total. The highest BCUT2D eigenvalue weighted by Gasteiger charge is 2.11. The van der Waals surface area contributed by atoms with Crippen LogP contribution in [-0.4, -0.2) is 36.4 Å². The van der Waals surface area contributed by atoms with Crippen LogP contribution in [-0.2, 0) is 17.9 Å². The third-order valence-electron chi connectivity index (χ3n) is 4.39. The SMILES string of the molecule is CCN(CC)Cc1ccccc1CNC(=O)COc1ccccc1C(N)=O. The zero-order chi connectivity index (χ0) is 19.6. The van der Waals surface area contributed by atoms with Gasteiger partial charge in [0.1, 0.15) is 5.75 Å². The third-order valence-corrected chi connectivity index (χ3v) is 4.39. The quantitative estimate of drug-likeness (QED) is 0.673. The van der Waals surface area contributed by atoms with Crippen LogP contribution in [0, 0.1) is 0 Å². The number of benzene rings is 2. The number of hydrogen-bond donors (Lipinski definition) is 2. The van der Waals surface area contributed by atoms with Crippen molar-refractivity contribution in [3.8, 4) is 5.75 Å². The molecule has 0 unspecified atom stereocenters. The maximum Gasteiger partial charge on any atom is 0.258 e. The molecule has 0 aromatic heterocycles. The van der Waals surface area contributed by atoms with Crippen molar-refractivity contribution < 1.29 is 14.3 Å². The smallest absolute Gasteiger partial charge is 0.258 e. The van der Waals surface area contributed by atoms with Crippen LogP contribution < -0.4 is 15.8 Å². The number of nitrogens with zero attached hydrogens (tertiary/aromatic N) is 1. The van der Waals surface area contributed by atoms with E-state index in [-0.39, 0.29) is 18.1 Å². The van der Waals surface area contributed by atoms with E-state index < -0.39 is 5.91 Å². The predicted molar refractivity (Wildman–Crippen MR) is 105 cm³/mol. The number of primary amides is 1. The Morgan fingerprint density at radius 2 is 1.63 bits per heavy atom. The van der Waals surface area contributed by atoms with Gasteiger partial charge in [-0.3, -0.25) is 14.5 Å². The zero-order valence-electron chi connectivity index (χ0n) is 15.9. The van der Waals surface area contributed by atoms with Crippen LogP contribution in [0.25, 0.3) is 0 Å². The fourth-order valence-electron chi connectivity index (χ4n) is 2.76. The molecule has 0 aliphatic rings. The van der Waals surface area contributed by atoms with Gasteiger partial charge in [0.25, 0.3) is 11.8 Å². The lowest BCUT2D eigenvalue weighted by atomic mass is 10.1. The molecule has 0 saturated heterocycles. The monoisotopic (exact) mass is 369 g/mol. The zero-order valence-corrected chi connectivity index (χ0v) is 15.9. The second-order valence-electron chi connectivity index (χ2n) is 6.16. The fraction of sp³-hybridized carbons (Fsp3) is 0.333. The Morgan fingerprint density at radius 1 is 1.00 bits per heavy atom. The van der Waals surface area contributed by atoms with E-state index in [1.54, 1.807) is 24.3 Å². The van der Waals surface area contributed by atoms with Crippen molar-refractivity contribution in [1.29, 1.82) is 0 Å². The number of hydrogen-bond acceptors (Lipinski definition) is 4. The molecule has 144 valence electrons. The number of rotatable bonds is 10. The lowest BCUT2D eigenvalue weighted by Gasteiger charge is -2.20. The Kier molecular flexibility index (Phi) is 7.82. The average Bonchev–Trinajstić information content (AvgIpc) is 2.69. The van der Waals surface area contributed by atoms with Crippen LogP contribution in [0.15, 0.2) is 48.5 Å². The summed E-state index contributed by atoms with van der Waals surface area (Å²) in [6.45, 7) is 7.32. The van der Waals surface area contributed by atoms with Gasteiger partial charge in [-0.1, -0.05) is 50.2 Å². The summed E-state index contributed by atoms with van der Waals surface area (Å²) in [6.07, 6.45) is 0. The number of nitrogens with one attached hydrogen (secondary N) is 1. The van der Waals surface area contributed by atoms with Crippen LogP contribution in [0.4, 0.5) is 0 Å². The molecule has 6 heteroatoms. The van der Waals surface area contributed by atoms with Crippen molar-refractivity contribution in [2.24, 2.45) is 5.73 Å². The minimum absolute atomic E-state index is 0.178. The Bertz CT molecular complexity index is 773. The van der Waals surface area contributed by atoms with Crippen molar-refractivity contribution in [2.45, 2.75) is 26.9 Å². The van der Waals surface area contributed by atoms with Gasteiger partial charge in [0.05, 0.1) is 5.56 Å². The molecular formula is C21H27N3O3. The number of nitrogens with two attached hydrogens (primary N) is 1. The van der Waals surface area contributed by atoms with Crippen molar-refractivity contribution in [1.82, 2.24) is 10.2 Å². The summed E-state index contributed by atoms with van der Waals surface area (Å²) >= 11 is 0. The van der Waals surface area contributed by atoms with E-state index in [0.717, 1.165) is 25.2 Å². The Morgan fingerprint density at radius 3 is 2.30 bits per heavy atom. The van der Waals surface area contributed by atoms with E-state index in [1.807, 2.05) is 18.2 Å². The molecule has 0 aliphatic carbocycles. The number of ether oxygens (including phenoxy) is 1. The van der Waals surface area contributed by atoms with Gasteiger partial charge >= 0.3 is 0 Å². The van der Waals surface area contributed by atoms with Crippen molar-refractivity contribution >= 4 is 11.8 Å². The molecule has 2 amide bonds. The van der Waals surface area contributed by atoms with E-state index >= 15 is 0 Å². The summed E-state index contributed by atoms with van der Waals surface area (Å²) in [5, 5.41) is 2.87. The van der Waals surface area contributed by atoms with E-state index in [9.17, 15) is 9.59 Å².